The van der Waals surface area contributed by atoms with Crippen LogP contribution >= 0.6 is 0 Å². The van der Waals surface area contributed by atoms with Crippen molar-refractivity contribution in [2.75, 3.05) is 13.7 Å². The van der Waals surface area contributed by atoms with E-state index in [1.165, 1.54) is 31.4 Å². The van der Waals surface area contributed by atoms with Gasteiger partial charge in [-0.15, -0.1) is 0 Å². The Balaban J connectivity index is 2.11. The summed E-state index contributed by atoms with van der Waals surface area (Å²) in [4.78, 5) is 22.5. The number of carbonyl (C=O) groups is 1. The van der Waals surface area contributed by atoms with Gasteiger partial charge in [0.05, 0.1) is 24.2 Å². The fraction of sp³-hybridized carbons (Fsp3) is 0.235. The number of hydrogen-bond acceptors (Lipinski definition) is 6. The number of nitro benzene ring substituents is 1. The standard InChI is InChI=1S/C17H16FNO6/c1-3-24-16-7-5-12(9-14(16)19(21)22)17(20)25-10-11-4-6-15(23-2)13(18)8-11/h4-9H,3,10H2,1-2H3. The van der Waals surface area contributed by atoms with Gasteiger partial charge in [0.25, 0.3) is 0 Å². The smallest absolute Gasteiger partial charge is 0.338 e. The van der Waals surface area contributed by atoms with Crippen molar-refractivity contribution in [2.45, 2.75) is 13.5 Å². The van der Waals surface area contributed by atoms with Gasteiger partial charge in [0, 0.05) is 6.07 Å². The first kappa shape index (κ1) is 18.2. The van der Waals surface area contributed by atoms with Gasteiger partial charge in [-0.3, -0.25) is 10.1 Å². The Kier molecular flexibility index (Phi) is 5.89. The lowest BCUT2D eigenvalue weighted by atomic mass is 10.2. The summed E-state index contributed by atoms with van der Waals surface area (Å²) in [6.45, 7) is 1.77. The van der Waals surface area contributed by atoms with Crippen LogP contribution in [-0.4, -0.2) is 24.6 Å². The SMILES string of the molecule is CCOc1ccc(C(=O)OCc2ccc(OC)c(F)c2)cc1[N+](=O)[O-]. The fourth-order valence-electron chi connectivity index (χ4n) is 2.10. The number of nitro groups is 1. The Morgan fingerprint density at radius 3 is 2.52 bits per heavy atom. The first-order valence-corrected chi connectivity index (χ1v) is 7.37. The number of esters is 1. The molecule has 25 heavy (non-hydrogen) atoms. The average Bonchev–Trinajstić information content (AvgIpc) is 2.60. The quantitative estimate of drug-likeness (QED) is 0.432. The molecule has 0 bridgehead atoms. The van der Waals surface area contributed by atoms with Crippen LogP contribution in [-0.2, 0) is 11.3 Å². The minimum Gasteiger partial charge on any atom is -0.494 e. The lowest BCUT2D eigenvalue weighted by molar-refractivity contribution is -0.385. The van der Waals surface area contributed by atoms with Crippen molar-refractivity contribution in [1.29, 1.82) is 0 Å². The molecule has 8 heteroatoms. The van der Waals surface area contributed by atoms with E-state index in [4.69, 9.17) is 14.2 Å². The van der Waals surface area contributed by atoms with Gasteiger partial charge in [0.2, 0.25) is 0 Å². The third-order valence-corrected chi connectivity index (χ3v) is 3.28. The summed E-state index contributed by atoms with van der Waals surface area (Å²) in [5.74, 6) is -1.19. The van der Waals surface area contributed by atoms with Crippen molar-refractivity contribution < 1.29 is 28.3 Å². The molecule has 0 amide bonds. The van der Waals surface area contributed by atoms with Crippen molar-refractivity contribution in [2.24, 2.45) is 0 Å². The van der Waals surface area contributed by atoms with Crippen LogP contribution in [0, 0.1) is 15.9 Å². The van der Waals surface area contributed by atoms with Gasteiger partial charge < -0.3 is 14.2 Å². The molecule has 0 saturated carbocycles. The highest BCUT2D eigenvalue weighted by molar-refractivity contribution is 5.90. The van der Waals surface area contributed by atoms with Gasteiger partial charge in [-0.25, -0.2) is 9.18 Å². The molecular weight excluding hydrogens is 333 g/mol. The van der Waals surface area contributed by atoms with Gasteiger partial charge >= 0.3 is 11.7 Å². The zero-order valence-electron chi connectivity index (χ0n) is 13.7. The van der Waals surface area contributed by atoms with Crippen LogP contribution in [0.4, 0.5) is 10.1 Å². The van der Waals surface area contributed by atoms with Crippen molar-refractivity contribution in [1.82, 2.24) is 0 Å². The highest BCUT2D eigenvalue weighted by Gasteiger charge is 2.19. The van der Waals surface area contributed by atoms with Crippen molar-refractivity contribution in [3.8, 4) is 11.5 Å². The van der Waals surface area contributed by atoms with E-state index in [1.807, 2.05) is 0 Å². The van der Waals surface area contributed by atoms with Crippen molar-refractivity contribution in [3.05, 3.63) is 63.5 Å². The van der Waals surface area contributed by atoms with Crippen molar-refractivity contribution >= 4 is 11.7 Å². The number of benzene rings is 2. The number of rotatable bonds is 7. The molecule has 0 spiro atoms. The highest BCUT2D eigenvalue weighted by atomic mass is 19.1. The first-order chi connectivity index (χ1) is 12.0. The van der Waals surface area contributed by atoms with Crippen LogP contribution in [0.15, 0.2) is 36.4 Å². The molecule has 0 aliphatic rings. The third kappa shape index (κ3) is 4.43. The summed E-state index contributed by atoms with van der Waals surface area (Å²) < 4.78 is 28.6. The monoisotopic (exact) mass is 349 g/mol. The molecule has 0 unspecified atom stereocenters. The summed E-state index contributed by atoms with van der Waals surface area (Å²) in [5, 5.41) is 11.1. The van der Waals surface area contributed by atoms with Crippen molar-refractivity contribution in [3.63, 3.8) is 0 Å². The molecular formula is C17H16FNO6. The molecule has 0 heterocycles. The molecule has 0 aliphatic heterocycles. The Morgan fingerprint density at radius 2 is 1.92 bits per heavy atom. The Bertz CT molecular complexity index is 793. The van der Waals surface area contributed by atoms with Crippen LogP contribution < -0.4 is 9.47 Å². The number of carbonyl (C=O) groups excluding carboxylic acids is 1. The average molecular weight is 349 g/mol. The van der Waals surface area contributed by atoms with Crippen LogP contribution in [0.1, 0.15) is 22.8 Å². The molecule has 0 aliphatic carbocycles. The maximum absolute atomic E-state index is 13.6. The molecule has 7 nitrogen and oxygen atoms in total. The Morgan fingerprint density at radius 1 is 1.20 bits per heavy atom. The normalized spacial score (nSPS) is 10.2. The lowest BCUT2D eigenvalue weighted by Gasteiger charge is -2.08. The van der Waals surface area contributed by atoms with Gasteiger partial charge in [-0.1, -0.05) is 6.07 Å². The van der Waals surface area contributed by atoms with E-state index in [1.54, 1.807) is 13.0 Å². The molecule has 132 valence electrons. The first-order valence-electron chi connectivity index (χ1n) is 7.37. The van der Waals surface area contributed by atoms with Gasteiger partial charge in [-0.05, 0) is 36.8 Å². The zero-order valence-corrected chi connectivity index (χ0v) is 13.7. The second-order valence-electron chi connectivity index (χ2n) is 4.92. The predicted molar refractivity (Wildman–Crippen MR) is 86.3 cm³/mol. The third-order valence-electron chi connectivity index (χ3n) is 3.28. The number of methoxy groups -OCH3 is 1. The minimum atomic E-state index is -0.762. The highest BCUT2D eigenvalue weighted by Crippen LogP contribution is 2.28. The summed E-state index contributed by atoms with van der Waals surface area (Å²) >= 11 is 0. The van der Waals surface area contributed by atoms with E-state index >= 15 is 0 Å². The molecule has 0 fully saturated rings. The van der Waals surface area contributed by atoms with Gasteiger partial charge in [0.15, 0.2) is 17.3 Å². The molecule has 0 radical (unpaired) electrons. The number of hydrogen-bond donors (Lipinski definition) is 0. The Labute approximate surface area is 143 Å². The molecule has 0 saturated heterocycles. The summed E-state index contributed by atoms with van der Waals surface area (Å²) in [7, 11) is 1.34. The van der Waals surface area contributed by atoms with E-state index in [9.17, 15) is 19.3 Å². The number of halogens is 1. The largest absolute Gasteiger partial charge is 0.494 e. The van der Waals surface area contributed by atoms with E-state index in [0.717, 1.165) is 6.07 Å². The number of nitrogens with zero attached hydrogens (tertiary/aromatic N) is 1. The number of ether oxygens (including phenoxy) is 3. The molecule has 0 aromatic heterocycles. The van der Waals surface area contributed by atoms with Crippen LogP contribution in [0.3, 0.4) is 0 Å². The lowest BCUT2D eigenvalue weighted by Crippen LogP contribution is -2.07. The van der Waals surface area contributed by atoms with E-state index in [0.29, 0.717) is 5.56 Å². The van der Waals surface area contributed by atoms with Gasteiger partial charge in [0.1, 0.15) is 6.61 Å². The second-order valence-corrected chi connectivity index (χ2v) is 4.92. The molecule has 2 rings (SSSR count). The van der Waals surface area contributed by atoms with Crippen LogP contribution in [0.2, 0.25) is 0 Å². The zero-order chi connectivity index (χ0) is 18.4. The summed E-state index contributed by atoms with van der Waals surface area (Å²) in [6.07, 6.45) is 0. The van der Waals surface area contributed by atoms with Gasteiger partial charge in [-0.2, -0.15) is 0 Å². The topological polar surface area (TPSA) is 87.9 Å². The molecule has 2 aromatic rings. The molecule has 0 N–H and O–H groups in total. The second kappa shape index (κ2) is 8.09. The van der Waals surface area contributed by atoms with Crippen LogP contribution in [0.25, 0.3) is 0 Å². The maximum Gasteiger partial charge on any atom is 0.338 e. The summed E-state index contributed by atoms with van der Waals surface area (Å²) in [6, 6.07) is 7.95. The maximum atomic E-state index is 13.6. The predicted octanol–water partition coefficient (Wildman–Crippen LogP) is 3.50. The minimum absolute atomic E-state index is 0.00383. The van der Waals surface area contributed by atoms with E-state index in [-0.39, 0.29) is 36.0 Å². The Hall–Kier alpha value is -3.16. The van der Waals surface area contributed by atoms with E-state index in [2.05, 4.69) is 0 Å². The molecule has 0 atom stereocenters. The molecule has 2 aromatic carbocycles. The van der Waals surface area contributed by atoms with Crippen LogP contribution in [0.5, 0.6) is 11.5 Å². The van der Waals surface area contributed by atoms with E-state index < -0.39 is 16.7 Å². The fourth-order valence-corrected chi connectivity index (χ4v) is 2.10. The summed E-state index contributed by atoms with van der Waals surface area (Å²) in [5.41, 5.74) is 0.100.